The van der Waals surface area contributed by atoms with Gasteiger partial charge in [-0.15, -0.1) is 11.6 Å². The fourth-order valence-corrected chi connectivity index (χ4v) is 2.04. The second-order valence-corrected chi connectivity index (χ2v) is 4.57. The van der Waals surface area contributed by atoms with E-state index >= 15 is 0 Å². The zero-order chi connectivity index (χ0) is 13.0. The van der Waals surface area contributed by atoms with Crippen LogP contribution in [0.1, 0.15) is 35.4 Å². The molecule has 2 unspecified atom stereocenters. The molecule has 1 aromatic carbocycles. The Hall–Kier alpha value is -0.610. The van der Waals surface area contributed by atoms with Gasteiger partial charge >= 0.3 is 0 Å². The Balaban J connectivity index is 2.93. The first-order chi connectivity index (χ1) is 7.97. The van der Waals surface area contributed by atoms with Crippen LogP contribution in [0.2, 0.25) is 5.02 Å². The van der Waals surface area contributed by atoms with Crippen LogP contribution in [0.5, 0.6) is 0 Å². The number of hydrogen-bond acceptors (Lipinski definition) is 3. The molecule has 94 valence electrons. The topological polar surface area (TPSA) is 57.5 Å². The number of carbonyl (C=O) groups is 1. The Bertz CT molecular complexity index is 407. The maximum absolute atomic E-state index is 11.2. The number of halogens is 2. The van der Waals surface area contributed by atoms with E-state index in [4.69, 9.17) is 23.2 Å². The fourth-order valence-electron chi connectivity index (χ4n) is 1.49. The minimum atomic E-state index is -1.05. The number of rotatable bonds is 5. The van der Waals surface area contributed by atoms with Gasteiger partial charge in [-0.05, 0) is 31.0 Å². The minimum Gasteiger partial charge on any atom is -0.390 e. The van der Waals surface area contributed by atoms with Crippen molar-refractivity contribution in [1.82, 2.24) is 0 Å². The minimum absolute atomic E-state index is 0.141. The van der Waals surface area contributed by atoms with E-state index in [2.05, 4.69) is 0 Å². The number of aliphatic hydroxyl groups excluding tert-OH is 2. The van der Waals surface area contributed by atoms with Crippen molar-refractivity contribution in [3.63, 3.8) is 0 Å². The monoisotopic (exact) mass is 276 g/mol. The number of hydrogen-bond donors (Lipinski definition) is 2. The third kappa shape index (κ3) is 3.68. The summed E-state index contributed by atoms with van der Waals surface area (Å²) in [6.45, 7) is 1.42. The Morgan fingerprint density at radius 2 is 2.06 bits per heavy atom. The summed E-state index contributed by atoms with van der Waals surface area (Å²) in [5.74, 6) is 0.120. The predicted molar refractivity (Wildman–Crippen MR) is 67.8 cm³/mol. The van der Waals surface area contributed by atoms with Crippen molar-refractivity contribution in [1.29, 1.82) is 0 Å². The van der Waals surface area contributed by atoms with Crippen LogP contribution in [-0.4, -0.2) is 28.0 Å². The second-order valence-electron chi connectivity index (χ2n) is 3.79. The highest BCUT2D eigenvalue weighted by atomic mass is 35.5. The number of benzene rings is 1. The summed E-state index contributed by atoms with van der Waals surface area (Å²) < 4.78 is 0. The highest BCUT2D eigenvalue weighted by Gasteiger charge is 2.19. The maximum atomic E-state index is 11.2. The number of carbonyl (C=O) groups excluding carboxylic acids is 1. The van der Waals surface area contributed by atoms with Crippen LogP contribution >= 0.6 is 23.2 Å². The standard InChI is InChI=1S/C12H14Cl2O3/c1-7(15)9-3-2-8(6-10(9)14)12(17)11(16)4-5-13/h2-3,6,11-12,16-17H,4-5H2,1H3. The molecule has 0 saturated heterocycles. The van der Waals surface area contributed by atoms with E-state index in [-0.39, 0.29) is 23.1 Å². The third-order valence-electron chi connectivity index (χ3n) is 2.48. The summed E-state index contributed by atoms with van der Waals surface area (Å²) in [5, 5.41) is 19.7. The fraction of sp³-hybridized carbons (Fsp3) is 0.417. The van der Waals surface area contributed by atoms with E-state index in [0.29, 0.717) is 11.1 Å². The highest BCUT2D eigenvalue weighted by molar-refractivity contribution is 6.33. The van der Waals surface area contributed by atoms with Gasteiger partial charge < -0.3 is 10.2 Å². The first-order valence-electron chi connectivity index (χ1n) is 5.20. The predicted octanol–water partition coefficient (Wildman–Crippen LogP) is 2.57. The van der Waals surface area contributed by atoms with Crippen molar-refractivity contribution >= 4 is 29.0 Å². The Morgan fingerprint density at radius 3 is 2.53 bits per heavy atom. The first kappa shape index (κ1) is 14.5. The van der Waals surface area contributed by atoms with E-state index in [9.17, 15) is 15.0 Å². The van der Waals surface area contributed by atoms with E-state index in [0.717, 1.165) is 0 Å². The molecule has 2 N–H and O–H groups in total. The van der Waals surface area contributed by atoms with Crippen LogP contribution < -0.4 is 0 Å². The van der Waals surface area contributed by atoms with Gasteiger partial charge in [0.25, 0.3) is 0 Å². The lowest BCUT2D eigenvalue weighted by molar-refractivity contribution is 0.0170. The number of aliphatic hydroxyl groups is 2. The van der Waals surface area contributed by atoms with Crippen molar-refractivity contribution in [3.8, 4) is 0 Å². The molecule has 5 heteroatoms. The molecule has 1 rings (SSSR count). The number of Topliss-reactive ketones (excluding diaryl/α,β-unsaturated/α-hetero) is 1. The molecular formula is C12H14Cl2O3. The normalized spacial score (nSPS) is 14.4. The Labute approximate surface area is 110 Å². The van der Waals surface area contributed by atoms with Crippen LogP contribution in [0.3, 0.4) is 0 Å². The van der Waals surface area contributed by atoms with Gasteiger partial charge in [0.1, 0.15) is 6.10 Å². The van der Waals surface area contributed by atoms with Crippen LogP contribution in [0.25, 0.3) is 0 Å². The molecule has 0 fully saturated rings. The van der Waals surface area contributed by atoms with Crippen LogP contribution in [-0.2, 0) is 0 Å². The molecule has 17 heavy (non-hydrogen) atoms. The van der Waals surface area contributed by atoms with Gasteiger partial charge in [0.15, 0.2) is 5.78 Å². The summed E-state index contributed by atoms with van der Waals surface area (Å²) in [5.41, 5.74) is 0.868. The van der Waals surface area contributed by atoms with Crippen molar-refractivity contribution < 1.29 is 15.0 Å². The number of ketones is 1. The molecule has 0 bridgehead atoms. The highest BCUT2D eigenvalue weighted by Crippen LogP contribution is 2.25. The zero-order valence-electron chi connectivity index (χ0n) is 9.36. The molecule has 0 aliphatic heterocycles. The second kappa shape index (κ2) is 6.36. The maximum Gasteiger partial charge on any atom is 0.161 e. The zero-order valence-corrected chi connectivity index (χ0v) is 10.9. The summed E-state index contributed by atoms with van der Waals surface area (Å²) in [6.07, 6.45) is -1.70. The lowest BCUT2D eigenvalue weighted by atomic mass is 10.0. The van der Waals surface area contributed by atoms with E-state index in [1.54, 1.807) is 6.07 Å². The third-order valence-corrected chi connectivity index (χ3v) is 3.01. The smallest absolute Gasteiger partial charge is 0.161 e. The average Bonchev–Trinajstić information content (AvgIpc) is 2.27. The van der Waals surface area contributed by atoms with Gasteiger partial charge in [-0.3, -0.25) is 4.79 Å². The molecular weight excluding hydrogens is 263 g/mol. The summed E-state index contributed by atoms with van der Waals surface area (Å²) in [6, 6.07) is 4.60. The van der Waals surface area contributed by atoms with Crippen LogP contribution in [0, 0.1) is 0 Å². The molecule has 0 aliphatic carbocycles. The van der Waals surface area contributed by atoms with Crippen LogP contribution in [0.4, 0.5) is 0 Å². The molecule has 0 saturated carbocycles. The molecule has 0 heterocycles. The summed E-state index contributed by atoms with van der Waals surface area (Å²) in [4.78, 5) is 11.2. The quantitative estimate of drug-likeness (QED) is 0.642. The van der Waals surface area contributed by atoms with Gasteiger partial charge in [-0.25, -0.2) is 0 Å². The Morgan fingerprint density at radius 1 is 1.41 bits per heavy atom. The van der Waals surface area contributed by atoms with Crippen molar-refractivity contribution in [2.24, 2.45) is 0 Å². The van der Waals surface area contributed by atoms with E-state index in [1.165, 1.54) is 19.1 Å². The first-order valence-corrected chi connectivity index (χ1v) is 6.11. The number of alkyl halides is 1. The van der Waals surface area contributed by atoms with Gasteiger partial charge in [-0.1, -0.05) is 17.7 Å². The lowest BCUT2D eigenvalue weighted by Crippen LogP contribution is -2.18. The van der Waals surface area contributed by atoms with E-state index < -0.39 is 12.2 Å². The molecule has 2 atom stereocenters. The van der Waals surface area contributed by atoms with Gasteiger partial charge in [-0.2, -0.15) is 0 Å². The Kier molecular flexibility index (Phi) is 5.40. The molecule has 1 aromatic rings. The van der Waals surface area contributed by atoms with Gasteiger partial charge in [0, 0.05) is 11.4 Å². The average molecular weight is 277 g/mol. The molecule has 0 aliphatic rings. The molecule has 0 amide bonds. The molecule has 0 spiro atoms. The van der Waals surface area contributed by atoms with E-state index in [1.807, 2.05) is 0 Å². The van der Waals surface area contributed by atoms with Crippen molar-refractivity contribution in [2.45, 2.75) is 25.6 Å². The molecule has 0 aromatic heterocycles. The largest absolute Gasteiger partial charge is 0.390 e. The van der Waals surface area contributed by atoms with Crippen molar-refractivity contribution in [2.75, 3.05) is 5.88 Å². The van der Waals surface area contributed by atoms with Crippen LogP contribution in [0.15, 0.2) is 18.2 Å². The summed E-state index contributed by atoms with van der Waals surface area (Å²) in [7, 11) is 0. The van der Waals surface area contributed by atoms with Crippen molar-refractivity contribution in [3.05, 3.63) is 34.3 Å². The lowest BCUT2D eigenvalue weighted by Gasteiger charge is -2.17. The SMILES string of the molecule is CC(=O)c1ccc(C(O)C(O)CCCl)cc1Cl. The summed E-state index contributed by atoms with van der Waals surface area (Å²) >= 11 is 11.4. The molecule has 3 nitrogen and oxygen atoms in total. The van der Waals surface area contributed by atoms with Gasteiger partial charge in [0.2, 0.25) is 0 Å². The molecule has 0 radical (unpaired) electrons. The van der Waals surface area contributed by atoms with Gasteiger partial charge in [0.05, 0.1) is 11.1 Å².